The topological polar surface area (TPSA) is 72.8 Å². The number of hydrogen-bond acceptors (Lipinski definition) is 5. The van der Waals surface area contributed by atoms with E-state index in [4.69, 9.17) is 14.6 Å². The average Bonchev–Trinajstić information content (AvgIpc) is 2.33. The van der Waals surface area contributed by atoms with Gasteiger partial charge in [0.25, 0.3) is 0 Å². The van der Waals surface area contributed by atoms with Crippen molar-refractivity contribution < 1.29 is 24.2 Å². The van der Waals surface area contributed by atoms with Gasteiger partial charge in [-0.05, 0) is 27.2 Å². The van der Waals surface area contributed by atoms with Crippen LogP contribution in [-0.4, -0.2) is 37.4 Å². The monoisotopic (exact) mass is 246 g/mol. The third-order valence-corrected chi connectivity index (χ3v) is 3.56. The van der Waals surface area contributed by atoms with Gasteiger partial charge in [0.1, 0.15) is 6.61 Å². The Morgan fingerprint density at radius 3 is 2.06 bits per heavy atom. The van der Waals surface area contributed by atoms with Crippen molar-refractivity contribution >= 4 is 11.9 Å². The number of ether oxygens (including phenoxy) is 2. The van der Waals surface area contributed by atoms with Crippen molar-refractivity contribution in [2.75, 3.05) is 20.3 Å². The van der Waals surface area contributed by atoms with Crippen LogP contribution in [0.1, 0.15) is 34.1 Å². The van der Waals surface area contributed by atoms with Crippen molar-refractivity contribution in [3.05, 3.63) is 0 Å². The fraction of sp³-hybridized carbons (Fsp3) is 0.833. The predicted octanol–water partition coefficient (Wildman–Crippen LogP) is 1.14. The molecule has 5 heteroatoms. The summed E-state index contributed by atoms with van der Waals surface area (Å²) in [6.07, 6.45) is 0.459. The molecule has 1 N–H and O–H groups in total. The lowest BCUT2D eigenvalue weighted by Crippen LogP contribution is -2.48. The van der Waals surface area contributed by atoms with Crippen LogP contribution in [0.4, 0.5) is 0 Å². The van der Waals surface area contributed by atoms with Gasteiger partial charge in [0, 0.05) is 0 Å². The summed E-state index contributed by atoms with van der Waals surface area (Å²) in [5.41, 5.74) is -1.96. The summed E-state index contributed by atoms with van der Waals surface area (Å²) in [4.78, 5) is 23.7. The summed E-state index contributed by atoms with van der Waals surface area (Å²) in [6.45, 7) is 6.49. The highest BCUT2D eigenvalue weighted by atomic mass is 16.5. The number of carbonyl (C=O) groups is 2. The zero-order valence-corrected chi connectivity index (χ0v) is 11.2. The van der Waals surface area contributed by atoms with Gasteiger partial charge >= 0.3 is 11.9 Å². The Labute approximate surface area is 102 Å². The fourth-order valence-electron chi connectivity index (χ4n) is 1.61. The van der Waals surface area contributed by atoms with Gasteiger partial charge in [-0.2, -0.15) is 0 Å². The lowest BCUT2D eigenvalue weighted by Gasteiger charge is -2.38. The summed E-state index contributed by atoms with van der Waals surface area (Å²) in [6, 6.07) is 0. The van der Waals surface area contributed by atoms with Gasteiger partial charge in [0.15, 0.2) is 0 Å². The first kappa shape index (κ1) is 15.9. The summed E-state index contributed by atoms with van der Waals surface area (Å²) < 4.78 is 9.65. The molecule has 0 bridgehead atoms. The fourth-order valence-corrected chi connectivity index (χ4v) is 1.61. The molecule has 0 aromatic heterocycles. The molecule has 5 nitrogen and oxygen atoms in total. The van der Waals surface area contributed by atoms with E-state index < -0.39 is 22.8 Å². The molecule has 0 aliphatic heterocycles. The lowest BCUT2D eigenvalue weighted by molar-refractivity contribution is -0.176. The minimum Gasteiger partial charge on any atom is -0.469 e. The maximum absolute atomic E-state index is 11.9. The van der Waals surface area contributed by atoms with Crippen LogP contribution in [0, 0.1) is 10.8 Å². The molecular formula is C12H22O5. The number of carbonyl (C=O) groups excluding carboxylic acids is 2. The Bertz CT molecular complexity index is 285. The van der Waals surface area contributed by atoms with Crippen molar-refractivity contribution in [3.8, 4) is 0 Å². The van der Waals surface area contributed by atoms with Crippen LogP contribution in [0.3, 0.4) is 0 Å². The normalized spacial score (nSPS) is 14.9. The highest BCUT2D eigenvalue weighted by molar-refractivity contribution is 5.87. The van der Waals surface area contributed by atoms with Gasteiger partial charge in [-0.3, -0.25) is 9.59 Å². The van der Waals surface area contributed by atoms with Crippen LogP contribution in [0.5, 0.6) is 0 Å². The van der Waals surface area contributed by atoms with Crippen LogP contribution in [0.15, 0.2) is 0 Å². The van der Waals surface area contributed by atoms with E-state index >= 15 is 0 Å². The van der Waals surface area contributed by atoms with Crippen LogP contribution in [0.25, 0.3) is 0 Å². The zero-order valence-electron chi connectivity index (χ0n) is 11.2. The number of aliphatic hydroxyl groups excluding tert-OH is 1. The molecule has 0 spiro atoms. The van der Waals surface area contributed by atoms with Gasteiger partial charge in [-0.25, -0.2) is 0 Å². The van der Waals surface area contributed by atoms with E-state index in [9.17, 15) is 9.59 Å². The second-order valence-electron chi connectivity index (χ2n) is 4.66. The van der Waals surface area contributed by atoms with Crippen LogP contribution in [-0.2, 0) is 19.1 Å². The van der Waals surface area contributed by atoms with E-state index in [1.807, 2.05) is 6.92 Å². The number of hydrogen-bond donors (Lipinski definition) is 1. The molecule has 0 aliphatic rings. The molecule has 0 fully saturated rings. The minimum atomic E-state index is -1.01. The van der Waals surface area contributed by atoms with Crippen LogP contribution < -0.4 is 0 Å². The molecule has 1 unspecified atom stereocenters. The molecule has 0 saturated heterocycles. The molecular weight excluding hydrogens is 224 g/mol. The van der Waals surface area contributed by atoms with E-state index in [1.54, 1.807) is 20.8 Å². The second-order valence-corrected chi connectivity index (χ2v) is 4.66. The molecule has 0 radical (unpaired) electrons. The Morgan fingerprint density at radius 1 is 1.18 bits per heavy atom. The molecule has 0 rings (SSSR count). The summed E-state index contributed by atoms with van der Waals surface area (Å²) in [7, 11) is 1.30. The molecule has 0 aliphatic carbocycles. The van der Waals surface area contributed by atoms with E-state index in [0.717, 1.165) is 0 Å². The van der Waals surface area contributed by atoms with Crippen molar-refractivity contribution in [2.24, 2.45) is 10.8 Å². The second kappa shape index (κ2) is 6.00. The summed E-state index contributed by atoms with van der Waals surface area (Å²) in [5.74, 6) is -0.952. The smallest absolute Gasteiger partial charge is 0.312 e. The summed E-state index contributed by atoms with van der Waals surface area (Å²) in [5, 5.41) is 8.63. The highest BCUT2D eigenvalue weighted by Gasteiger charge is 2.52. The highest BCUT2D eigenvalue weighted by Crippen LogP contribution is 2.43. The summed E-state index contributed by atoms with van der Waals surface area (Å²) >= 11 is 0. The van der Waals surface area contributed by atoms with Gasteiger partial charge in [0.05, 0.1) is 24.5 Å². The maximum Gasteiger partial charge on any atom is 0.312 e. The van der Waals surface area contributed by atoms with E-state index in [2.05, 4.69) is 0 Å². The van der Waals surface area contributed by atoms with Gasteiger partial charge in [-0.1, -0.05) is 6.92 Å². The van der Waals surface area contributed by atoms with Crippen LogP contribution in [0.2, 0.25) is 0 Å². The molecule has 1 atom stereocenters. The average molecular weight is 246 g/mol. The molecule has 100 valence electrons. The third kappa shape index (κ3) is 2.97. The van der Waals surface area contributed by atoms with Crippen molar-refractivity contribution in [1.29, 1.82) is 0 Å². The first-order valence-electron chi connectivity index (χ1n) is 5.64. The minimum absolute atomic E-state index is 0.0662. The maximum atomic E-state index is 11.9. The number of methoxy groups -OCH3 is 1. The first-order valence-corrected chi connectivity index (χ1v) is 5.64. The zero-order chi connectivity index (χ0) is 13.7. The van der Waals surface area contributed by atoms with Gasteiger partial charge < -0.3 is 14.6 Å². The lowest BCUT2D eigenvalue weighted by atomic mass is 9.65. The van der Waals surface area contributed by atoms with Crippen LogP contribution >= 0.6 is 0 Å². The number of esters is 2. The van der Waals surface area contributed by atoms with Crippen molar-refractivity contribution in [3.63, 3.8) is 0 Å². The van der Waals surface area contributed by atoms with Crippen molar-refractivity contribution in [2.45, 2.75) is 34.1 Å². The third-order valence-electron chi connectivity index (χ3n) is 3.56. The Balaban J connectivity index is 5.09. The standard InChI is InChI=1S/C12H22O5/c1-6-12(4,10(15)16-5)11(2,3)9(14)17-8-7-13/h13H,6-8H2,1-5H3. The Kier molecular flexibility index (Phi) is 5.61. The SMILES string of the molecule is CCC(C)(C(=O)OC)C(C)(C)C(=O)OCCO. The molecule has 0 heterocycles. The van der Waals surface area contributed by atoms with Gasteiger partial charge in [-0.15, -0.1) is 0 Å². The molecule has 0 aromatic rings. The Hall–Kier alpha value is -1.10. The van der Waals surface area contributed by atoms with Gasteiger partial charge in [0.2, 0.25) is 0 Å². The molecule has 17 heavy (non-hydrogen) atoms. The molecule has 0 amide bonds. The number of aliphatic hydroxyl groups is 1. The van der Waals surface area contributed by atoms with Crippen molar-refractivity contribution in [1.82, 2.24) is 0 Å². The van der Waals surface area contributed by atoms with E-state index in [1.165, 1.54) is 7.11 Å². The molecule has 0 aromatic carbocycles. The largest absolute Gasteiger partial charge is 0.469 e. The predicted molar refractivity (Wildman–Crippen MR) is 62.2 cm³/mol. The number of rotatable bonds is 6. The Morgan fingerprint density at radius 2 is 1.71 bits per heavy atom. The quantitative estimate of drug-likeness (QED) is 0.711. The van der Waals surface area contributed by atoms with E-state index in [0.29, 0.717) is 6.42 Å². The first-order chi connectivity index (χ1) is 7.77. The van der Waals surface area contributed by atoms with E-state index in [-0.39, 0.29) is 13.2 Å². The molecule has 0 saturated carbocycles.